The van der Waals surface area contributed by atoms with E-state index >= 15 is 0 Å². The minimum atomic E-state index is 0.898. The van der Waals surface area contributed by atoms with Crippen LogP contribution in [-0.2, 0) is 6.54 Å². The SMILES string of the molecule is CCNC(=NCCCN1CCC(C)CC1)NCCCCn1ccnc1C. The van der Waals surface area contributed by atoms with Gasteiger partial charge in [0.15, 0.2) is 5.96 Å². The number of hydrogen-bond donors (Lipinski definition) is 2. The minimum absolute atomic E-state index is 0.898. The second kappa shape index (κ2) is 11.9. The van der Waals surface area contributed by atoms with Gasteiger partial charge in [-0.05, 0) is 71.5 Å². The molecule has 1 fully saturated rings. The molecule has 148 valence electrons. The third-order valence-electron chi connectivity index (χ3n) is 5.16. The van der Waals surface area contributed by atoms with Crippen molar-refractivity contribution in [3.05, 3.63) is 18.2 Å². The Hall–Kier alpha value is -1.56. The van der Waals surface area contributed by atoms with Crippen molar-refractivity contribution in [2.45, 2.75) is 59.4 Å². The number of likely N-dealkylation sites (tertiary alicyclic amines) is 1. The first kappa shape index (κ1) is 20.7. The summed E-state index contributed by atoms with van der Waals surface area (Å²) in [5, 5.41) is 6.81. The molecule has 26 heavy (non-hydrogen) atoms. The number of aliphatic imine (C=N–C) groups is 1. The van der Waals surface area contributed by atoms with E-state index in [-0.39, 0.29) is 0 Å². The summed E-state index contributed by atoms with van der Waals surface area (Å²) in [6, 6.07) is 0. The van der Waals surface area contributed by atoms with E-state index in [2.05, 4.69) is 52.1 Å². The van der Waals surface area contributed by atoms with Crippen molar-refractivity contribution in [1.29, 1.82) is 0 Å². The highest BCUT2D eigenvalue weighted by Gasteiger charge is 2.14. The van der Waals surface area contributed by atoms with Crippen LogP contribution in [0.3, 0.4) is 0 Å². The van der Waals surface area contributed by atoms with Crippen LogP contribution >= 0.6 is 0 Å². The largest absolute Gasteiger partial charge is 0.357 e. The van der Waals surface area contributed by atoms with Crippen molar-refractivity contribution >= 4 is 5.96 Å². The van der Waals surface area contributed by atoms with E-state index in [1.54, 1.807) is 0 Å². The van der Waals surface area contributed by atoms with E-state index in [0.29, 0.717) is 0 Å². The van der Waals surface area contributed by atoms with Crippen LogP contribution in [0.2, 0.25) is 0 Å². The van der Waals surface area contributed by atoms with Crippen LogP contribution < -0.4 is 10.6 Å². The number of aryl methyl sites for hydroxylation is 2. The number of nitrogens with one attached hydrogen (secondary N) is 2. The Morgan fingerprint density at radius 1 is 1.19 bits per heavy atom. The molecule has 1 saturated heterocycles. The molecule has 0 amide bonds. The summed E-state index contributed by atoms with van der Waals surface area (Å²) in [7, 11) is 0. The van der Waals surface area contributed by atoms with Crippen LogP contribution in [0, 0.1) is 12.8 Å². The van der Waals surface area contributed by atoms with Crippen LogP contribution in [0.1, 0.15) is 51.8 Å². The first-order valence-electron chi connectivity index (χ1n) is 10.4. The van der Waals surface area contributed by atoms with E-state index < -0.39 is 0 Å². The van der Waals surface area contributed by atoms with Gasteiger partial charge in [-0.15, -0.1) is 0 Å². The molecular weight excluding hydrogens is 324 g/mol. The maximum Gasteiger partial charge on any atom is 0.191 e. The lowest BCUT2D eigenvalue weighted by atomic mass is 9.99. The van der Waals surface area contributed by atoms with Crippen LogP contribution in [0.25, 0.3) is 0 Å². The lowest BCUT2D eigenvalue weighted by Crippen LogP contribution is -2.38. The zero-order chi connectivity index (χ0) is 18.6. The molecule has 0 aromatic carbocycles. The third kappa shape index (κ3) is 7.77. The Kier molecular flexibility index (Phi) is 9.53. The molecule has 0 unspecified atom stereocenters. The fourth-order valence-corrected chi connectivity index (χ4v) is 3.37. The molecule has 2 heterocycles. The number of rotatable bonds is 10. The second-order valence-electron chi connectivity index (χ2n) is 7.44. The topological polar surface area (TPSA) is 57.5 Å². The molecule has 0 radical (unpaired) electrons. The molecular formula is C20H38N6. The quantitative estimate of drug-likeness (QED) is 0.382. The predicted octanol–water partition coefficient (Wildman–Crippen LogP) is 2.65. The highest BCUT2D eigenvalue weighted by Crippen LogP contribution is 2.15. The summed E-state index contributed by atoms with van der Waals surface area (Å²) in [5.41, 5.74) is 0. The van der Waals surface area contributed by atoms with Crippen molar-refractivity contribution in [2.75, 3.05) is 39.3 Å². The molecule has 0 spiro atoms. The lowest BCUT2D eigenvalue weighted by Gasteiger charge is -2.29. The summed E-state index contributed by atoms with van der Waals surface area (Å²) < 4.78 is 2.21. The number of unbranched alkanes of at least 4 members (excludes halogenated alkanes) is 1. The maximum atomic E-state index is 4.73. The van der Waals surface area contributed by atoms with Gasteiger partial charge in [-0.2, -0.15) is 0 Å². The summed E-state index contributed by atoms with van der Waals surface area (Å²) in [6.45, 7) is 14.1. The monoisotopic (exact) mass is 362 g/mol. The first-order valence-corrected chi connectivity index (χ1v) is 10.4. The standard InChI is InChI=1S/C20H38N6/c1-4-21-20(23-10-5-6-14-26-17-12-22-19(26)3)24-11-7-13-25-15-8-18(2)9-16-25/h12,17-18H,4-11,13-16H2,1-3H3,(H2,21,23,24). The van der Waals surface area contributed by atoms with Crippen LogP contribution in [0.5, 0.6) is 0 Å². The molecule has 6 nitrogen and oxygen atoms in total. The Labute approximate surface area is 159 Å². The van der Waals surface area contributed by atoms with Gasteiger partial charge in [0.05, 0.1) is 0 Å². The van der Waals surface area contributed by atoms with Gasteiger partial charge in [0.1, 0.15) is 5.82 Å². The number of nitrogens with zero attached hydrogens (tertiary/aromatic N) is 4. The second-order valence-corrected chi connectivity index (χ2v) is 7.44. The molecule has 1 aliphatic rings. The Balaban J connectivity index is 1.57. The molecule has 1 aromatic rings. The van der Waals surface area contributed by atoms with E-state index in [1.807, 2.05) is 6.20 Å². The Morgan fingerprint density at radius 2 is 2.00 bits per heavy atom. The smallest absolute Gasteiger partial charge is 0.191 e. The molecule has 0 bridgehead atoms. The zero-order valence-corrected chi connectivity index (χ0v) is 17.0. The molecule has 0 saturated carbocycles. The fraction of sp³-hybridized carbons (Fsp3) is 0.800. The van der Waals surface area contributed by atoms with E-state index in [4.69, 9.17) is 4.99 Å². The molecule has 2 rings (SSSR count). The van der Waals surface area contributed by atoms with Crippen LogP contribution in [-0.4, -0.2) is 59.7 Å². The van der Waals surface area contributed by atoms with Gasteiger partial charge in [-0.1, -0.05) is 6.92 Å². The highest BCUT2D eigenvalue weighted by molar-refractivity contribution is 5.79. The van der Waals surface area contributed by atoms with Gasteiger partial charge in [0, 0.05) is 38.6 Å². The summed E-state index contributed by atoms with van der Waals surface area (Å²) >= 11 is 0. The average molecular weight is 363 g/mol. The van der Waals surface area contributed by atoms with Gasteiger partial charge >= 0.3 is 0 Å². The molecule has 2 N–H and O–H groups in total. The van der Waals surface area contributed by atoms with E-state index in [1.165, 1.54) is 32.5 Å². The highest BCUT2D eigenvalue weighted by atomic mass is 15.2. The summed E-state index contributed by atoms with van der Waals surface area (Å²) in [4.78, 5) is 11.6. The van der Waals surface area contributed by atoms with Gasteiger partial charge in [0.2, 0.25) is 0 Å². The number of hydrogen-bond acceptors (Lipinski definition) is 3. The first-order chi connectivity index (χ1) is 12.7. The van der Waals surface area contributed by atoms with Crippen molar-refractivity contribution in [1.82, 2.24) is 25.1 Å². The van der Waals surface area contributed by atoms with Crippen LogP contribution in [0.4, 0.5) is 0 Å². The summed E-state index contributed by atoms with van der Waals surface area (Å²) in [5.74, 6) is 2.96. The molecule has 0 atom stereocenters. The van der Waals surface area contributed by atoms with E-state index in [0.717, 1.165) is 63.1 Å². The molecule has 6 heteroatoms. The van der Waals surface area contributed by atoms with Gasteiger partial charge in [-0.25, -0.2) is 4.98 Å². The normalized spacial score (nSPS) is 16.8. The average Bonchev–Trinajstić information content (AvgIpc) is 3.04. The number of aromatic nitrogens is 2. The molecule has 1 aliphatic heterocycles. The molecule has 0 aliphatic carbocycles. The Morgan fingerprint density at radius 3 is 2.69 bits per heavy atom. The number of imidazole rings is 1. The summed E-state index contributed by atoms with van der Waals surface area (Å²) in [6.07, 6.45) is 10.1. The van der Waals surface area contributed by atoms with Gasteiger partial charge in [0.25, 0.3) is 0 Å². The van der Waals surface area contributed by atoms with Gasteiger partial charge in [-0.3, -0.25) is 4.99 Å². The maximum absolute atomic E-state index is 4.73. The number of guanidine groups is 1. The predicted molar refractivity (Wildman–Crippen MR) is 110 cm³/mol. The minimum Gasteiger partial charge on any atom is -0.357 e. The van der Waals surface area contributed by atoms with Crippen molar-refractivity contribution in [3.8, 4) is 0 Å². The van der Waals surface area contributed by atoms with Crippen molar-refractivity contribution < 1.29 is 0 Å². The molecule has 1 aromatic heterocycles. The van der Waals surface area contributed by atoms with Gasteiger partial charge < -0.3 is 20.1 Å². The fourth-order valence-electron chi connectivity index (χ4n) is 3.37. The van der Waals surface area contributed by atoms with Crippen LogP contribution in [0.15, 0.2) is 17.4 Å². The van der Waals surface area contributed by atoms with Crippen molar-refractivity contribution in [2.24, 2.45) is 10.9 Å². The zero-order valence-electron chi connectivity index (χ0n) is 17.0. The Bertz CT molecular complexity index is 516. The van der Waals surface area contributed by atoms with E-state index in [9.17, 15) is 0 Å². The lowest BCUT2D eigenvalue weighted by molar-refractivity contribution is 0.192. The van der Waals surface area contributed by atoms with Crippen molar-refractivity contribution in [3.63, 3.8) is 0 Å². The number of piperidine rings is 1. The third-order valence-corrected chi connectivity index (χ3v) is 5.16.